The molecule has 2 aromatic heterocycles. The van der Waals surface area contributed by atoms with E-state index in [2.05, 4.69) is 58.2 Å². The van der Waals surface area contributed by atoms with Gasteiger partial charge in [0.2, 0.25) is 5.69 Å². The first-order valence-corrected chi connectivity index (χ1v) is 7.82. The Hall–Kier alpha value is -2.46. The molecule has 0 saturated carbocycles. The van der Waals surface area contributed by atoms with Gasteiger partial charge in [-0.3, -0.25) is 4.98 Å². The topological polar surface area (TPSA) is 29.2 Å². The van der Waals surface area contributed by atoms with Crippen LogP contribution in [0.5, 0.6) is 0 Å². The predicted molar refractivity (Wildman–Crippen MR) is 90.2 cm³/mol. The largest absolute Gasteiger partial charge is 0.354 e. The van der Waals surface area contributed by atoms with Crippen molar-refractivity contribution in [3.05, 3.63) is 78.5 Å². The molecule has 0 saturated heterocycles. The minimum Gasteiger partial charge on any atom is -0.354 e. The molecule has 4 nitrogen and oxygen atoms in total. The first-order valence-electron chi connectivity index (χ1n) is 7.82. The average Bonchev–Trinajstić information content (AvgIpc) is 2.58. The van der Waals surface area contributed by atoms with Gasteiger partial charge in [0.05, 0.1) is 12.2 Å². The monoisotopic (exact) mass is 308 g/mol. The van der Waals surface area contributed by atoms with Crippen molar-refractivity contribution in [3.63, 3.8) is 0 Å². The number of hydrogen-bond donors (Lipinski definition) is 0. The summed E-state index contributed by atoms with van der Waals surface area (Å²) in [6.45, 7) is 0.651. The minimum absolute atomic E-state index is 0.0310. The number of aromatic nitrogens is 2. The number of pyridine rings is 2. The van der Waals surface area contributed by atoms with Gasteiger partial charge in [0.25, 0.3) is 0 Å². The summed E-state index contributed by atoms with van der Waals surface area (Å²) in [6.07, 6.45) is 11.0. The molecular formula is C19H22N3O+. The number of hydrogen-bond acceptors (Lipinski definition) is 3. The van der Waals surface area contributed by atoms with E-state index >= 15 is 0 Å². The maximum absolute atomic E-state index is 5.96. The lowest BCUT2D eigenvalue weighted by Gasteiger charge is -2.27. The van der Waals surface area contributed by atoms with Crippen molar-refractivity contribution in [1.82, 2.24) is 9.88 Å². The van der Waals surface area contributed by atoms with Gasteiger partial charge in [0.1, 0.15) is 13.3 Å². The van der Waals surface area contributed by atoms with Crippen molar-refractivity contribution in [3.8, 4) is 0 Å². The van der Waals surface area contributed by atoms with E-state index in [1.165, 1.54) is 11.3 Å². The third-order valence-electron chi connectivity index (χ3n) is 3.91. The van der Waals surface area contributed by atoms with Gasteiger partial charge >= 0.3 is 0 Å². The fourth-order valence-corrected chi connectivity index (χ4v) is 2.64. The second-order valence-electron chi connectivity index (χ2n) is 5.64. The molecule has 0 radical (unpaired) electrons. The molecule has 0 aliphatic carbocycles. The summed E-state index contributed by atoms with van der Waals surface area (Å²) < 4.78 is 8.08. The molecule has 1 aliphatic rings. The Kier molecular flexibility index (Phi) is 4.83. The Balaban J connectivity index is 1.59. The zero-order chi connectivity index (χ0) is 16.1. The molecule has 3 heterocycles. The summed E-state index contributed by atoms with van der Waals surface area (Å²) in [4.78, 5) is 6.41. The summed E-state index contributed by atoms with van der Waals surface area (Å²) in [5.41, 5.74) is 3.42. The minimum atomic E-state index is -0.0310. The lowest BCUT2D eigenvalue weighted by Crippen LogP contribution is -2.35. The Bertz CT molecular complexity index is 710. The van der Waals surface area contributed by atoms with Crippen LogP contribution >= 0.6 is 0 Å². The fraction of sp³-hybridized carbons (Fsp3) is 0.263. The molecule has 0 fully saturated rings. The third-order valence-corrected chi connectivity index (χ3v) is 3.91. The number of rotatable bonds is 5. The number of likely N-dealkylation sites (N-methyl/N-ethyl adjacent to an activating group) is 1. The van der Waals surface area contributed by atoms with Gasteiger partial charge in [-0.25, -0.2) is 4.57 Å². The highest BCUT2D eigenvalue weighted by atomic mass is 16.5. The predicted octanol–water partition coefficient (Wildman–Crippen LogP) is 2.33. The summed E-state index contributed by atoms with van der Waals surface area (Å²) >= 11 is 0. The van der Waals surface area contributed by atoms with Crippen LogP contribution in [0.3, 0.4) is 0 Å². The van der Waals surface area contributed by atoms with Crippen LogP contribution in [-0.4, -0.2) is 29.8 Å². The zero-order valence-electron chi connectivity index (χ0n) is 13.6. The second kappa shape index (κ2) is 7.20. The van der Waals surface area contributed by atoms with Crippen molar-refractivity contribution in [1.29, 1.82) is 0 Å². The van der Waals surface area contributed by atoms with Crippen LogP contribution < -0.4 is 4.57 Å². The van der Waals surface area contributed by atoms with Gasteiger partial charge in [0, 0.05) is 43.7 Å². The summed E-state index contributed by atoms with van der Waals surface area (Å²) in [7, 11) is 4.09. The van der Waals surface area contributed by atoms with Crippen LogP contribution in [0.4, 0.5) is 0 Å². The van der Waals surface area contributed by atoms with E-state index < -0.39 is 0 Å². The molecule has 0 amide bonds. The number of aryl methyl sites for hydroxylation is 1. The van der Waals surface area contributed by atoms with Crippen molar-refractivity contribution in [2.45, 2.75) is 12.6 Å². The molecular weight excluding hydrogens is 286 g/mol. The van der Waals surface area contributed by atoms with Gasteiger partial charge in [-0.05, 0) is 30.4 Å². The molecule has 4 heteroatoms. The Morgan fingerprint density at radius 1 is 1.22 bits per heavy atom. The van der Waals surface area contributed by atoms with E-state index in [1.54, 1.807) is 0 Å². The zero-order valence-corrected chi connectivity index (χ0v) is 13.6. The van der Waals surface area contributed by atoms with Crippen molar-refractivity contribution >= 4 is 5.57 Å². The standard InChI is InChI=1S/C19H22N3O/c1-21-13-6-4-8-18(21)16-9-10-19(22(2)15-16)23-14-11-17-7-3-5-12-20-17/h3-10,12-13,15,19H,11,14H2,1-2H3/q+1. The maximum Gasteiger partial charge on any atom is 0.213 e. The Morgan fingerprint density at radius 3 is 2.83 bits per heavy atom. The van der Waals surface area contributed by atoms with Crippen LogP contribution in [0.15, 0.2) is 67.1 Å². The summed E-state index contributed by atoms with van der Waals surface area (Å²) in [5, 5.41) is 0. The summed E-state index contributed by atoms with van der Waals surface area (Å²) in [5.74, 6) is 0. The van der Waals surface area contributed by atoms with Gasteiger partial charge < -0.3 is 9.64 Å². The highest BCUT2D eigenvalue weighted by Crippen LogP contribution is 2.19. The molecule has 0 N–H and O–H groups in total. The quantitative estimate of drug-likeness (QED) is 0.794. The van der Waals surface area contributed by atoms with Gasteiger partial charge in [-0.1, -0.05) is 6.07 Å². The normalized spacial score (nSPS) is 17.2. The van der Waals surface area contributed by atoms with Crippen molar-refractivity contribution in [2.75, 3.05) is 13.7 Å². The molecule has 118 valence electrons. The number of nitrogens with zero attached hydrogens (tertiary/aromatic N) is 3. The maximum atomic E-state index is 5.96. The van der Waals surface area contributed by atoms with Crippen LogP contribution in [-0.2, 0) is 18.2 Å². The lowest BCUT2D eigenvalue weighted by molar-refractivity contribution is -0.673. The lowest BCUT2D eigenvalue weighted by atomic mass is 10.1. The highest BCUT2D eigenvalue weighted by molar-refractivity contribution is 5.70. The van der Waals surface area contributed by atoms with E-state index in [0.29, 0.717) is 6.61 Å². The molecule has 3 rings (SSSR count). The molecule has 1 unspecified atom stereocenters. The molecule has 1 atom stereocenters. The van der Waals surface area contributed by atoms with Crippen LogP contribution in [0.2, 0.25) is 0 Å². The van der Waals surface area contributed by atoms with Crippen LogP contribution in [0, 0.1) is 0 Å². The van der Waals surface area contributed by atoms with Gasteiger partial charge in [-0.2, -0.15) is 0 Å². The van der Waals surface area contributed by atoms with Crippen LogP contribution in [0.25, 0.3) is 5.57 Å². The van der Waals surface area contributed by atoms with E-state index in [0.717, 1.165) is 12.1 Å². The number of ether oxygens (including phenoxy) is 1. The SMILES string of the molecule is CN1C=C(c2cccc[n+]2C)C=CC1OCCc1ccccn1. The van der Waals surface area contributed by atoms with E-state index in [4.69, 9.17) is 4.74 Å². The van der Waals surface area contributed by atoms with E-state index in [9.17, 15) is 0 Å². The Morgan fingerprint density at radius 2 is 2.09 bits per heavy atom. The number of allylic oxidation sites excluding steroid dienone is 2. The molecule has 0 spiro atoms. The second-order valence-corrected chi connectivity index (χ2v) is 5.64. The van der Waals surface area contributed by atoms with Crippen molar-refractivity contribution < 1.29 is 9.30 Å². The molecule has 0 bridgehead atoms. The van der Waals surface area contributed by atoms with Crippen LogP contribution in [0.1, 0.15) is 11.4 Å². The van der Waals surface area contributed by atoms with Gasteiger partial charge in [0.15, 0.2) is 6.20 Å². The molecule has 0 aromatic carbocycles. The first kappa shape index (κ1) is 15.4. The highest BCUT2D eigenvalue weighted by Gasteiger charge is 2.18. The molecule has 23 heavy (non-hydrogen) atoms. The van der Waals surface area contributed by atoms with E-state index in [-0.39, 0.29) is 6.23 Å². The average molecular weight is 308 g/mol. The Labute approximate surface area is 137 Å². The smallest absolute Gasteiger partial charge is 0.213 e. The first-order chi connectivity index (χ1) is 11.2. The van der Waals surface area contributed by atoms with E-state index in [1.807, 2.05) is 37.5 Å². The molecule has 2 aromatic rings. The summed E-state index contributed by atoms with van der Waals surface area (Å²) in [6, 6.07) is 12.2. The third kappa shape index (κ3) is 3.85. The molecule has 1 aliphatic heterocycles. The van der Waals surface area contributed by atoms with Crippen molar-refractivity contribution in [2.24, 2.45) is 7.05 Å². The van der Waals surface area contributed by atoms with Gasteiger partial charge in [-0.15, -0.1) is 0 Å². The fourth-order valence-electron chi connectivity index (χ4n) is 2.64.